The van der Waals surface area contributed by atoms with Crippen LogP contribution in [0.5, 0.6) is 5.75 Å². The molecule has 0 atom stereocenters. The van der Waals surface area contributed by atoms with Gasteiger partial charge in [-0.15, -0.1) is 0 Å². The van der Waals surface area contributed by atoms with Crippen LogP contribution in [0.25, 0.3) is 0 Å². The molecule has 0 radical (unpaired) electrons. The van der Waals surface area contributed by atoms with E-state index >= 15 is 0 Å². The molecule has 0 aliphatic heterocycles. The van der Waals surface area contributed by atoms with Gasteiger partial charge in [0.2, 0.25) is 0 Å². The van der Waals surface area contributed by atoms with E-state index in [-0.39, 0.29) is 12.0 Å². The molecule has 0 aromatic heterocycles. The Labute approximate surface area is 133 Å². The molecule has 2 heteroatoms. The fourth-order valence-corrected chi connectivity index (χ4v) is 2.46. The number of hydrogen-bond acceptors (Lipinski definition) is 2. The van der Waals surface area contributed by atoms with Crippen molar-refractivity contribution in [2.45, 2.75) is 45.6 Å². The topological polar surface area (TPSA) is 29.5 Å². The van der Waals surface area contributed by atoms with E-state index in [2.05, 4.69) is 51.1 Å². The molecule has 2 rings (SSSR count). The molecule has 2 aromatic rings. The summed E-state index contributed by atoms with van der Waals surface area (Å²) < 4.78 is 6.06. The predicted octanol–water partition coefficient (Wildman–Crippen LogP) is 4.49. The van der Waals surface area contributed by atoms with Crippen LogP contribution in [-0.2, 0) is 18.4 Å². The van der Waals surface area contributed by atoms with Crippen LogP contribution >= 0.6 is 0 Å². The van der Waals surface area contributed by atoms with E-state index in [9.17, 15) is 0 Å². The molecule has 0 bridgehead atoms. The van der Waals surface area contributed by atoms with E-state index in [4.69, 9.17) is 9.84 Å². The van der Waals surface area contributed by atoms with Gasteiger partial charge in [0.15, 0.2) is 0 Å². The van der Waals surface area contributed by atoms with Gasteiger partial charge >= 0.3 is 0 Å². The van der Waals surface area contributed by atoms with E-state index in [1.54, 1.807) is 0 Å². The average molecular weight is 298 g/mol. The lowest BCUT2D eigenvalue weighted by atomic mass is 9.85. The third-order valence-corrected chi connectivity index (χ3v) is 3.71. The van der Waals surface area contributed by atoms with Crippen LogP contribution in [0.2, 0.25) is 0 Å². The Bertz CT molecular complexity index is 582. The molecular weight excluding hydrogens is 272 g/mol. The van der Waals surface area contributed by atoms with Crippen molar-refractivity contribution >= 4 is 0 Å². The van der Waals surface area contributed by atoms with Crippen molar-refractivity contribution in [1.29, 1.82) is 0 Å². The van der Waals surface area contributed by atoms with Crippen molar-refractivity contribution in [1.82, 2.24) is 0 Å². The number of aliphatic hydroxyl groups is 1. The summed E-state index contributed by atoms with van der Waals surface area (Å²) in [7, 11) is 0. The molecule has 0 amide bonds. The number of aliphatic hydroxyl groups excluding tert-OH is 1. The fraction of sp³-hybridized carbons (Fsp3) is 0.400. The van der Waals surface area contributed by atoms with E-state index in [1.165, 1.54) is 16.7 Å². The summed E-state index contributed by atoms with van der Waals surface area (Å²) in [6.45, 7) is 7.42. The molecule has 0 spiro atoms. The average Bonchev–Trinajstić information content (AvgIpc) is 2.51. The lowest BCUT2D eigenvalue weighted by Gasteiger charge is -2.24. The Hall–Kier alpha value is -1.80. The second-order valence-corrected chi connectivity index (χ2v) is 6.68. The molecule has 118 valence electrons. The first-order chi connectivity index (χ1) is 10.5. The van der Waals surface area contributed by atoms with Crippen LogP contribution in [0.15, 0.2) is 48.5 Å². The third kappa shape index (κ3) is 4.60. The zero-order valence-electron chi connectivity index (χ0n) is 13.8. The Morgan fingerprint density at radius 2 is 1.68 bits per heavy atom. The molecule has 0 aliphatic rings. The van der Waals surface area contributed by atoms with Crippen molar-refractivity contribution in [2.24, 2.45) is 0 Å². The highest BCUT2D eigenvalue weighted by molar-refractivity contribution is 5.42. The van der Waals surface area contributed by atoms with Gasteiger partial charge in [0.1, 0.15) is 12.4 Å². The van der Waals surface area contributed by atoms with Crippen molar-refractivity contribution in [3.05, 3.63) is 65.2 Å². The minimum Gasteiger partial charge on any atom is -0.489 e. The lowest BCUT2D eigenvalue weighted by molar-refractivity contribution is 0.288. The van der Waals surface area contributed by atoms with Crippen molar-refractivity contribution in [2.75, 3.05) is 6.61 Å². The van der Waals surface area contributed by atoms with E-state index in [0.717, 1.165) is 18.6 Å². The van der Waals surface area contributed by atoms with Gasteiger partial charge in [-0.1, -0.05) is 63.2 Å². The molecule has 0 saturated heterocycles. The summed E-state index contributed by atoms with van der Waals surface area (Å²) in [4.78, 5) is 0. The predicted molar refractivity (Wildman–Crippen MR) is 91.3 cm³/mol. The maximum absolute atomic E-state index is 9.00. The monoisotopic (exact) mass is 298 g/mol. The third-order valence-electron chi connectivity index (χ3n) is 3.71. The van der Waals surface area contributed by atoms with E-state index in [0.29, 0.717) is 6.61 Å². The highest BCUT2D eigenvalue weighted by atomic mass is 16.5. The molecule has 0 unspecified atom stereocenters. The molecule has 22 heavy (non-hydrogen) atoms. The Morgan fingerprint density at radius 3 is 2.32 bits per heavy atom. The molecule has 2 aromatic carbocycles. The number of aryl methyl sites for hydroxylation is 1. The molecule has 0 aliphatic carbocycles. The van der Waals surface area contributed by atoms with Gasteiger partial charge in [-0.2, -0.15) is 0 Å². The van der Waals surface area contributed by atoms with Gasteiger partial charge in [-0.3, -0.25) is 0 Å². The summed E-state index contributed by atoms with van der Waals surface area (Å²) in [6, 6.07) is 16.6. The summed E-state index contributed by atoms with van der Waals surface area (Å²) >= 11 is 0. The Kier molecular flexibility index (Phi) is 5.62. The smallest absolute Gasteiger partial charge is 0.123 e. The molecule has 0 fully saturated rings. The standard InChI is InChI=1S/C20H26O2/c1-20(2,3)18-14-16(10-7-13-21)11-12-19(18)22-15-17-8-5-4-6-9-17/h4-6,8-9,11-12,14,21H,7,10,13,15H2,1-3H3. The second kappa shape index (κ2) is 7.46. The lowest BCUT2D eigenvalue weighted by Crippen LogP contribution is -2.14. The molecular formula is C20H26O2. The Balaban J connectivity index is 2.18. The zero-order valence-corrected chi connectivity index (χ0v) is 13.8. The van der Waals surface area contributed by atoms with Gasteiger partial charge in [0.25, 0.3) is 0 Å². The summed E-state index contributed by atoms with van der Waals surface area (Å²) in [5.41, 5.74) is 3.68. The minimum atomic E-state index is 0.0290. The minimum absolute atomic E-state index is 0.0290. The normalized spacial score (nSPS) is 11.5. The van der Waals surface area contributed by atoms with Crippen LogP contribution in [0, 0.1) is 0 Å². The maximum Gasteiger partial charge on any atom is 0.123 e. The van der Waals surface area contributed by atoms with Crippen LogP contribution in [0.3, 0.4) is 0 Å². The van der Waals surface area contributed by atoms with Gasteiger partial charge in [-0.05, 0) is 41.0 Å². The van der Waals surface area contributed by atoms with E-state index in [1.807, 2.05) is 18.2 Å². The first-order valence-electron chi connectivity index (χ1n) is 7.91. The first-order valence-corrected chi connectivity index (χ1v) is 7.91. The Morgan fingerprint density at radius 1 is 0.955 bits per heavy atom. The van der Waals surface area contributed by atoms with Crippen LogP contribution < -0.4 is 4.74 Å². The molecule has 1 N–H and O–H groups in total. The molecule has 2 nitrogen and oxygen atoms in total. The largest absolute Gasteiger partial charge is 0.489 e. The number of hydrogen-bond donors (Lipinski definition) is 1. The number of ether oxygens (including phenoxy) is 1. The first kappa shape index (κ1) is 16.6. The second-order valence-electron chi connectivity index (χ2n) is 6.68. The summed E-state index contributed by atoms with van der Waals surface area (Å²) in [5.74, 6) is 0.948. The van der Waals surface area contributed by atoms with Crippen LogP contribution in [-0.4, -0.2) is 11.7 Å². The van der Waals surface area contributed by atoms with Crippen molar-refractivity contribution in [3.8, 4) is 5.75 Å². The molecule has 0 saturated carbocycles. The number of rotatable bonds is 6. The van der Waals surface area contributed by atoms with Gasteiger partial charge in [0.05, 0.1) is 0 Å². The number of benzene rings is 2. The summed E-state index contributed by atoms with van der Waals surface area (Å²) in [5, 5.41) is 9.00. The molecule has 0 heterocycles. The highest BCUT2D eigenvalue weighted by Crippen LogP contribution is 2.33. The van der Waals surface area contributed by atoms with Gasteiger partial charge in [-0.25, -0.2) is 0 Å². The SMILES string of the molecule is CC(C)(C)c1cc(CCCO)ccc1OCc1ccccc1. The highest BCUT2D eigenvalue weighted by Gasteiger charge is 2.19. The fourth-order valence-electron chi connectivity index (χ4n) is 2.46. The van der Waals surface area contributed by atoms with Crippen LogP contribution in [0.4, 0.5) is 0 Å². The maximum atomic E-state index is 9.00. The van der Waals surface area contributed by atoms with E-state index < -0.39 is 0 Å². The van der Waals surface area contributed by atoms with Crippen LogP contribution in [0.1, 0.15) is 43.9 Å². The zero-order chi connectivity index (χ0) is 16.0. The van der Waals surface area contributed by atoms with Gasteiger partial charge in [0, 0.05) is 6.61 Å². The quantitative estimate of drug-likeness (QED) is 0.851. The van der Waals surface area contributed by atoms with Crippen molar-refractivity contribution in [3.63, 3.8) is 0 Å². The summed E-state index contributed by atoms with van der Waals surface area (Å²) in [6.07, 6.45) is 1.70. The van der Waals surface area contributed by atoms with Crippen molar-refractivity contribution < 1.29 is 9.84 Å². The van der Waals surface area contributed by atoms with Gasteiger partial charge < -0.3 is 9.84 Å².